The van der Waals surface area contributed by atoms with E-state index in [4.69, 9.17) is 11.9 Å². The van der Waals surface area contributed by atoms with Crippen LogP contribution >= 0.6 is 39.1 Å². The van der Waals surface area contributed by atoms with Gasteiger partial charge in [0.1, 0.15) is 6.61 Å². The molecular weight excluding hydrogens is 223 g/mol. The van der Waals surface area contributed by atoms with Crippen molar-refractivity contribution in [3.05, 3.63) is 20.8 Å². The lowest BCUT2D eigenvalue weighted by atomic mass is 10.5. The fraction of sp³-hybridized carbons (Fsp3) is 0.200. The number of halogens is 2. The summed E-state index contributed by atoms with van der Waals surface area (Å²) in [4.78, 5) is 1.12. The van der Waals surface area contributed by atoms with Gasteiger partial charge in [-0.15, -0.1) is 11.3 Å². The van der Waals surface area contributed by atoms with Gasteiger partial charge in [0.25, 0.3) is 0 Å². The standard InChI is InChI=1S/C5H4BrClOS/c6-5-2-1-4(9-5)3-8-7/h1-2H,3H2. The maximum absolute atomic E-state index is 5.04. The summed E-state index contributed by atoms with van der Waals surface area (Å²) in [5, 5.41) is 0. The van der Waals surface area contributed by atoms with Crippen molar-refractivity contribution in [1.29, 1.82) is 0 Å². The van der Waals surface area contributed by atoms with Crippen molar-refractivity contribution >= 4 is 39.1 Å². The van der Waals surface area contributed by atoms with Gasteiger partial charge in [-0.05, 0) is 28.1 Å². The summed E-state index contributed by atoms with van der Waals surface area (Å²) in [7, 11) is 0. The van der Waals surface area contributed by atoms with Gasteiger partial charge in [0, 0.05) is 4.88 Å². The molecule has 0 saturated carbocycles. The van der Waals surface area contributed by atoms with E-state index in [1.54, 1.807) is 11.3 Å². The number of hydrogen-bond donors (Lipinski definition) is 0. The van der Waals surface area contributed by atoms with Crippen molar-refractivity contribution in [2.75, 3.05) is 0 Å². The molecule has 0 aromatic carbocycles. The van der Waals surface area contributed by atoms with Crippen LogP contribution < -0.4 is 0 Å². The molecule has 0 N–H and O–H groups in total. The zero-order chi connectivity index (χ0) is 6.69. The third-order valence-electron chi connectivity index (χ3n) is 0.826. The van der Waals surface area contributed by atoms with Crippen molar-refractivity contribution in [2.24, 2.45) is 0 Å². The molecule has 1 heterocycles. The van der Waals surface area contributed by atoms with Gasteiger partial charge >= 0.3 is 0 Å². The van der Waals surface area contributed by atoms with Gasteiger partial charge in [-0.1, -0.05) is 0 Å². The van der Waals surface area contributed by atoms with Gasteiger partial charge in [-0.2, -0.15) is 0 Å². The van der Waals surface area contributed by atoms with Gasteiger partial charge in [-0.3, -0.25) is 4.29 Å². The van der Waals surface area contributed by atoms with Gasteiger partial charge < -0.3 is 0 Å². The van der Waals surface area contributed by atoms with Crippen LogP contribution in [0.25, 0.3) is 0 Å². The Balaban J connectivity index is 2.61. The fourth-order valence-electron chi connectivity index (χ4n) is 0.483. The predicted molar refractivity (Wildman–Crippen MR) is 42.7 cm³/mol. The highest BCUT2D eigenvalue weighted by atomic mass is 79.9. The van der Waals surface area contributed by atoms with Gasteiger partial charge in [0.2, 0.25) is 0 Å². The van der Waals surface area contributed by atoms with E-state index in [0.717, 1.165) is 8.66 Å². The van der Waals surface area contributed by atoms with E-state index < -0.39 is 0 Å². The summed E-state index contributed by atoms with van der Waals surface area (Å²) in [5.74, 6) is 0. The second-order valence-electron chi connectivity index (χ2n) is 1.46. The van der Waals surface area contributed by atoms with Crippen molar-refractivity contribution in [2.45, 2.75) is 6.61 Å². The van der Waals surface area contributed by atoms with Gasteiger partial charge in [-0.25, -0.2) is 0 Å². The van der Waals surface area contributed by atoms with Crippen molar-refractivity contribution < 1.29 is 4.29 Å². The van der Waals surface area contributed by atoms with E-state index >= 15 is 0 Å². The SMILES string of the molecule is ClOCc1ccc(Br)s1. The van der Waals surface area contributed by atoms with E-state index in [1.165, 1.54) is 0 Å². The molecule has 0 aliphatic rings. The zero-order valence-corrected chi connectivity index (χ0v) is 7.59. The van der Waals surface area contributed by atoms with Crippen LogP contribution in [0.4, 0.5) is 0 Å². The van der Waals surface area contributed by atoms with Crippen LogP contribution in [0.15, 0.2) is 15.9 Å². The number of thiophene rings is 1. The first-order valence-corrected chi connectivity index (χ1v) is 4.22. The minimum atomic E-state index is 0.484. The van der Waals surface area contributed by atoms with Crippen molar-refractivity contribution in [3.8, 4) is 0 Å². The molecule has 0 radical (unpaired) electrons. The largest absolute Gasteiger partial charge is 0.274 e. The Kier molecular flexibility index (Phi) is 2.98. The molecule has 0 amide bonds. The second kappa shape index (κ2) is 3.56. The highest BCUT2D eigenvalue weighted by Crippen LogP contribution is 2.22. The Hall–Kier alpha value is 0.430. The Morgan fingerprint density at radius 2 is 2.44 bits per heavy atom. The Labute approximate surface area is 70.9 Å². The van der Waals surface area contributed by atoms with E-state index in [2.05, 4.69) is 20.2 Å². The lowest BCUT2D eigenvalue weighted by Crippen LogP contribution is -1.73. The fourth-order valence-corrected chi connectivity index (χ4v) is 2.06. The maximum Gasteiger partial charge on any atom is 0.103 e. The molecule has 4 heteroatoms. The molecule has 1 aromatic heterocycles. The average molecular weight is 228 g/mol. The van der Waals surface area contributed by atoms with E-state index in [0.29, 0.717) is 6.61 Å². The van der Waals surface area contributed by atoms with Crippen LogP contribution in [-0.2, 0) is 10.9 Å². The lowest BCUT2D eigenvalue weighted by Gasteiger charge is -1.86. The Bertz CT molecular complexity index is 189. The highest BCUT2D eigenvalue weighted by Gasteiger charge is 1.95. The summed E-state index contributed by atoms with van der Waals surface area (Å²) in [6.45, 7) is 0.484. The van der Waals surface area contributed by atoms with Crippen molar-refractivity contribution in [3.63, 3.8) is 0 Å². The summed E-state index contributed by atoms with van der Waals surface area (Å²) < 4.78 is 5.51. The minimum Gasteiger partial charge on any atom is -0.274 e. The van der Waals surface area contributed by atoms with Crippen LogP contribution in [0.5, 0.6) is 0 Å². The van der Waals surface area contributed by atoms with Gasteiger partial charge in [0.05, 0.1) is 15.7 Å². The smallest absolute Gasteiger partial charge is 0.103 e. The molecule has 9 heavy (non-hydrogen) atoms. The molecule has 0 aliphatic heterocycles. The lowest BCUT2D eigenvalue weighted by molar-refractivity contribution is 0.345. The first kappa shape index (κ1) is 7.54. The zero-order valence-electron chi connectivity index (χ0n) is 4.43. The average Bonchev–Trinajstić information content (AvgIpc) is 2.17. The molecule has 0 saturated heterocycles. The molecule has 0 fully saturated rings. The van der Waals surface area contributed by atoms with Crippen molar-refractivity contribution in [1.82, 2.24) is 0 Å². The van der Waals surface area contributed by atoms with Crippen LogP contribution in [0.2, 0.25) is 0 Å². The van der Waals surface area contributed by atoms with Gasteiger partial charge in [0.15, 0.2) is 0 Å². The molecule has 0 bridgehead atoms. The van der Waals surface area contributed by atoms with Crippen LogP contribution in [-0.4, -0.2) is 0 Å². The summed E-state index contributed by atoms with van der Waals surface area (Å²) >= 11 is 9.98. The first-order chi connectivity index (χ1) is 4.33. The summed E-state index contributed by atoms with van der Waals surface area (Å²) in [5.41, 5.74) is 0. The van der Waals surface area contributed by atoms with E-state index in [9.17, 15) is 0 Å². The molecule has 0 unspecified atom stereocenters. The Morgan fingerprint density at radius 3 is 2.89 bits per heavy atom. The minimum absolute atomic E-state index is 0.484. The predicted octanol–water partition coefficient (Wildman–Crippen LogP) is 3.18. The monoisotopic (exact) mass is 226 g/mol. The molecule has 1 aromatic rings. The number of rotatable bonds is 2. The molecule has 1 nitrogen and oxygen atoms in total. The normalized spacial score (nSPS) is 10.0. The summed E-state index contributed by atoms with van der Waals surface area (Å²) in [6, 6.07) is 3.94. The molecular formula is C5H4BrClOS. The first-order valence-electron chi connectivity index (χ1n) is 2.30. The third kappa shape index (κ3) is 2.26. The quantitative estimate of drug-likeness (QED) is 0.754. The third-order valence-corrected chi connectivity index (χ3v) is 2.53. The number of hydrogen-bond acceptors (Lipinski definition) is 2. The highest BCUT2D eigenvalue weighted by molar-refractivity contribution is 9.11. The topological polar surface area (TPSA) is 9.23 Å². The van der Waals surface area contributed by atoms with E-state index in [-0.39, 0.29) is 0 Å². The molecule has 50 valence electrons. The maximum atomic E-state index is 5.04. The summed E-state index contributed by atoms with van der Waals surface area (Å²) in [6.07, 6.45) is 0. The molecule has 0 spiro atoms. The van der Waals surface area contributed by atoms with Crippen LogP contribution in [0.1, 0.15) is 4.88 Å². The van der Waals surface area contributed by atoms with Crippen LogP contribution in [0.3, 0.4) is 0 Å². The molecule has 1 rings (SSSR count). The van der Waals surface area contributed by atoms with E-state index in [1.807, 2.05) is 12.1 Å². The second-order valence-corrected chi connectivity index (χ2v) is 4.23. The van der Waals surface area contributed by atoms with Crippen LogP contribution in [0, 0.1) is 0 Å². The Morgan fingerprint density at radius 1 is 1.67 bits per heavy atom. The molecule has 0 aliphatic carbocycles. The molecule has 0 atom stereocenters.